The van der Waals surface area contributed by atoms with Crippen molar-refractivity contribution in [2.24, 2.45) is 0 Å². The quantitative estimate of drug-likeness (QED) is 0.162. The fourth-order valence-electron chi connectivity index (χ4n) is 6.19. The molecule has 0 aliphatic rings. The maximum atomic E-state index is 12.7. The summed E-state index contributed by atoms with van der Waals surface area (Å²) in [6, 6.07) is 34.3. The molecule has 4 aromatic heterocycles. The fraction of sp³-hybridized carbons (Fsp3) is 0.186. The van der Waals surface area contributed by atoms with Crippen molar-refractivity contribution in [1.29, 1.82) is 0 Å². The molecule has 8 aromatic rings. The number of aromatic nitrogens is 4. The Hall–Kier alpha value is -4.97. The molecule has 1 radical (unpaired) electrons. The number of hydrogen-bond acceptors (Lipinski definition) is 4. The van der Waals surface area contributed by atoms with E-state index in [1.807, 2.05) is 30.5 Å². The Balaban J connectivity index is 0.000000226. The van der Waals surface area contributed by atoms with E-state index in [4.69, 9.17) is 18.5 Å². The summed E-state index contributed by atoms with van der Waals surface area (Å²) >= 11 is 0. The normalized spacial score (nSPS) is 12.4. The molecule has 0 saturated heterocycles. The van der Waals surface area contributed by atoms with E-state index in [0.29, 0.717) is 23.1 Å². The van der Waals surface area contributed by atoms with Gasteiger partial charge in [0.05, 0.1) is 16.9 Å². The van der Waals surface area contributed by atoms with Crippen molar-refractivity contribution in [2.75, 3.05) is 0 Å². The Bertz CT molecular complexity index is 2510. The van der Waals surface area contributed by atoms with Crippen LogP contribution < -0.4 is 0 Å². The first-order valence-corrected chi connectivity index (χ1v) is 16.4. The molecule has 4 aromatic carbocycles. The van der Waals surface area contributed by atoms with Gasteiger partial charge in [0, 0.05) is 53.5 Å². The summed E-state index contributed by atoms with van der Waals surface area (Å²) in [6.45, 7) is 8.87. The molecule has 0 atom stereocenters. The molecule has 0 saturated carbocycles. The molecule has 5 nitrogen and oxygen atoms in total. The van der Waals surface area contributed by atoms with E-state index in [1.165, 1.54) is 35.5 Å². The SMILES string of the molecule is Cc1cnc2c(c1)nc(-c1[c-]ccc3c1oc1ccccc13)n2-c1c(C(C)C)cccc1C(C)C.[2H]C([2H])([2H])c1ccc(-c2[c-]cc(F)cc2)nc1.[Ir]. The van der Waals surface area contributed by atoms with E-state index in [1.54, 1.807) is 12.1 Å². The topological polar surface area (TPSA) is 56.7 Å². The number of nitrogens with zero attached hydrogens (tertiary/aromatic N) is 4. The number of para-hydroxylation sites is 2. The van der Waals surface area contributed by atoms with E-state index in [9.17, 15) is 4.39 Å². The van der Waals surface area contributed by atoms with Gasteiger partial charge in [-0.05, 0) is 65.7 Å². The number of aryl methyl sites for hydroxylation is 2. The van der Waals surface area contributed by atoms with Gasteiger partial charge in [-0.25, -0.2) is 4.98 Å². The molecule has 8 rings (SSSR count). The van der Waals surface area contributed by atoms with Crippen LogP contribution in [0.1, 0.15) is 65.9 Å². The molecule has 0 amide bonds. The summed E-state index contributed by atoms with van der Waals surface area (Å²) in [5, 5.41) is 2.16. The van der Waals surface area contributed by atoms with Crippen molar-refractivity contribution < 1.29 is 33.0 Å². The number of imidazole rings is 1. The standard InChI is InChI=1S/C31H28N3O.C12H9FN.Ir/c1-18(2)21-11-8-12-22(19(3)4)28(21)34-30(33-26-16-20(5)17-32-31(26)34)25-14-9-13-24-23-10-6-7-15-27(23)35-29(24)25;1-9-2-7-12(14-8-9)10-3-5-11(13)6-4-10;/h6-13,15-19H,1-5H3;2-3,5-8H,1H3;/q2*-1;/i;1D3;. The van der Waals surface area contributed by atoms with Crippen LogP contribution in [0.2, 0.25) is 0 Å². The summed E-state index contributed by atoms with van der Waals surface area (Å²) < 4.78 is 43.0. The van der Waals surface area contributed by atoms with Crippen LogP contribution in [0.15, 0.2) is 108 Å². The molecule has 0 N–H and O–H groups in total. The minimum absolute atomic E-state index is 0. The van der Waals surface area contributed by atoms with Crippen LogP contribution in [-0.4, -0.2) is 19.5 Å². The largest absolute Gasteiger partial charge is 0.501 e. The number of furan rings is 1. The monoisotopic (exact) mass is 840 g/mol. The summed E-state index contributed by atoms with van der Waals surface area (Å²) in [5.41, 5.74) is 10.4. The van der Waals surface area contributed by atoms with Gasteiger partial charge in [0.15, 0.2) is 5.65 Å². The van der Waals surface area contributed by atoms with Gasteiger partial charge in [-0.2, -0.15) is 0 Å². The van der Waals surface area contributed by atoms with Crippen molar-refractivity contribution in [3.63, 3.8) is 0 Å². The number of rotatable bonds is 5. The predicted octanol–water partition coefficient (Wildman–Crippen LogP) is 11.3. The molecule has 4 heterocycles. The summed E-state index contributed by atoms with van der Waals surface area (Å²) in [7, 11) is 0. The van der Waals surface area contributed by atoms with Crippen molar-refractivity contribution >= 4 is 33.1 Å². The Labute approximate surface area is 309 Å². The third-order valence-corrected chi connectivity index (χ3v) is 8.58. The van der Waals surface area contributed by atoms with Crippen molar-refractivity contribution in [3.8, 4) is 28.3 Å². The smallest absolute Gasteiger partial charge is 0.155 e. The van der Waals surface area contributed by atoms with Crippen molar-refractivity contribution in [2.45, 2.75) is 53.3 Å². The van der Waals surface area contributed by atoms with Gasteiger partial charge in [0.2, 0.25) is 0 Å². The van der Waals surface area contributed by atoms with E-state index in [-0.39, 0.29) is 31.5 Å². The van der Waals surface area contributed by atoms with Gasteiger partial charge in [0.25, 0.3) is 0 Å². The summed E-state index contributed by atoms with van der Waals surface area (Å²) in [4.78, 5) is 14.1. The molecule has 0 fully saturated rings. The summed E-state index contributed by atoms with van der Waals surface area (Å²) in [5.74, 6) is 1.11. The van der Waals surface area contributed by atoms with E-state index < -0.39 is 6.85 Å². The van der Waals surface area contributed by atoms with Crippen molar-refractivity contribution in [3.05, 3.63) is 144 Å². The molecule has 0 spiro atoms. The van der Waals surface area contributed by atoms with Gasteiger partial charge in [-0.15, -0.1) is 48.0 Å². The average molecular weight is 840 g/mol. The Morgan fingerprint density at radius 3 is 2.26 bits per heavy atom. The van der Waals surface area contributed by atoms with E-state index in [2.05, 4.69) is 92.7 Å². The molecule has 253 valence electrons. The van der Waals surface area contributed by atoms with E-state index >= 15 is 0 Å². The molecule has 0 aliphatic heterocycles. The fourth-order valence-corrected chi connectivity index (χ4v) is 6.19. The van der Waals surface area contributed by atoms with Crippen LogP contribution in [-0.2, 0) is 20.1 Å². The Morgan fingerprint density at radius 2 is 1.58 bits per heavy atom. The zero-order valence-corrected chi connectivity index (χ0v) is 30.8. The van der Waals surface area contributed by atoms with Gasteiger partial charge >= 0.3 is 0 Å². The zero-order chi connectivity index (χ0) is 36.7. The first-order chi connectivity index (χ1) is 24.9. The van der Waals surface area contributed by atoms with Gasteiger partial charge in [-0.3, -0.25) is 9.37 Å². The number of hydrogen-bond donors (Lipinski definition) is 0. The first kappa shape index (κ1) is 31.0. The van der Waals surface area contributed by atoms with Crippen LogP contribution >= 0.6 is 0 Å². The molecule has 0 bridgehead atoms. The minimum atomic E-state index is -2.15. The molecule has 50 heavy (non-hydrogen) atoms. The number of halogens is 1. The Kier molecular flexibility index (Phi) is 8.99. The molecular weight excluding hydrogens is 800 g/mol. The minimum Gasteiger partial charge on any atom is -0.501 e. The third kappa shape index (κ3) is 6.64. The second kappa shape index (κ2) is 14.5. The number of fused-ring (bicyclic) bond motifs is 4. The summed E-state index contributed by atoms with van der Waals surface area (Å²) in [6.07, 6.45) is 3.22. The predicted molar refractivity (Wildman–Crippen MR) is 197 cm³/mol. The molecular formula is C43H37FIrN4O-2. The second-order valence-electron chi connectivity index (χ2n) is 12.8. The molecule has 0 aliphatic carbocycles. The average Bonchev–Trinajstić information content (AvgIpc) is 3.69. The van der Waals surface area contributed by atoms with Crippen LogP contribution in [0.5, 0.6) is 0 Å². The van der Waals surface area contributed by atoms with E-state index in [0.717, 1.165) is 55.7 Å². The Morgan fingerprint density at radius 1 is 0.820 bits per heavy atom. The third-order valence-electron chi connectivity index (χ3n) is 8.58. The zero-order valence-electron chi connectivity index (χ0n) is 31.4. The van der Waals surface area contributed by atoms with Gasteiger partial charge in [-0.1, -0.05) is 87.2 Å². The second-order valence-corrected chi connectivity index (χ2v) is 12.8. The van der Waals surface area contributed by atoms with Crippen LogP contribution in [0.25, 0.3) is 61.4 Å². The van der Waals surface area contributed by atoms with Gasteiger partial charge < -0.3 is 14.0 Å². The number of pyridine rings is 2. The van der Waals surface area contributed by atoms with Crippen LogP contribution in [0.4, 0.5) is 4.39 Å². The maximum absolute atomic E-state index is 12.7. The number of benzene rings is 4. The van der Waals surface area contributed by atoms with Crippen LogP contribution in [0.3, 0.4) is 0 Å². The van der Waals surface area contributed by atoms with Gasteiger partial charge in [0.1, 0.15) is 5.58 Å². The molecule has 7 heteroatoms. The molecule has 0 unspecified atom stereocenters. The van der Waals surface area contributed by atoms with Crippen molar-refractivity contribution in [1.82, 2.24) is 19.5 Å². The maximum Gasteiger partial charge on any atom is 0.155 e. The van der Waals surface area contributed by atoms with Crippen LogP contribution in [0, 0.1) is 31.7 Å². The first-order valence-electron chi connectivity index (χ1n) is 17.9.